The van der Waals surface area contributed by atoms with Crippen molar-refractivity contribution in [1.82, 2.24) is 5.32 Å². The lowest BCUT2D eigenvalue weighted by molar-refractivity contribution is 0.305. The van der Waals surface area contributed by atoms with Gasteiger partial charge in [-0.1, -0.05) is 24.6 Å². The summed E-state index contributed by atoms with van der Waals surface area (Å²) in [5.74, 6) is 0.969. The van der Waals surface area contributed by atoms with E-state index in [1.807, 2.05) is 0 Å². The molecule has 0 saturated heterocycles. The average Bonchev–Trinajstić information content (AvgIpc) is 2.81. The van der Waals surface area contributed by atoms with Crippen LogP contribution < -0.4 is 10.1 Å². The molecule has 1 N–H and O–H groups in total. The second kappa shape index (κ2) is 7.08. The maximum atomic E-state index is 5.94. The quantitative estimate of drug-likeness (QED) is 0.836. The number of halogens is 1. The fraction of sp³-hybridized carbons (Fsp3) is 0.333. The third-order valence-corrected chi connectivity index (χ3v) is 4.44. The van der Waals surface area contributed by atoms with Crippen LogP contribution in [0.3, 0.4) is 0 Å². The van der Waals surface area contributed by atoms with Crippen LogP contribution in [0.4, 0.5) is 0 Å². The highest BCUT2D eigenvalue weighted by atomic mass is 79.9. The highest BCUT2D eigenvalue weighted by Crippen LogP contribution is 2.24. The van der Waals surface area contributed by atoms with Gasteiger partial charge in [0.25, 0.3) is 0 Å². The van der Waals surface area contributed by atoms with Crippen molar-refractivity contribution in [1.29, 1.82) is 0 Å². The van der Waals surface area contributed by atoms with E-state index in [4.69, 9.17) is 4.74 Å². The first-order chi connectivity index (χ1) is 9.19. The molecule has 1 heterocycles. The molecule has 1 aromatic carbocycles. The number of benzene rings is 1. The maximum Gasteiger partial charge on any atom is 0.124 e. The van der Waals surface area contributed by atoms with Crippen molar-refractivity contribution < 1.29 is 4.74 Å². The Bertz CT molecular complexity index is 539. The number of ether oxygens (including phenoxy) is 1. The van der Waals surface area contributed by atoms with Crippen molar-refractivity contribution in [2.45, 2.75) is 27.0 Å². The standard InChI is InChI=1S/C15H18BrNOS/c1-3-17-8-12-6-11(2)4-5-15(12)18-9-14-7-13(16)10-19-14/h4-7,10,17H,3,8-9H2,1-2H3. The molecule has 0 unspecified atom stereocenters. The summed E-state index contributed by atoms with van der Waals surface area (Å²) in [6.07, 6.45) is 0. The van der Waals surface area contributed by atoms with Crippen LogP contribution in [0.1, 0.15) is 22.9 Å². The van der Waals surface area contributed by atoms with Gasteiger partial charge in [0.1, 0.15) is 12.4 Å². The van der Waals surface area contributed by atoms with Crippen LogP contribution in [-0.4, -0.2) is 6.54 Å². The van der Waals surface area contributed by atoms with Crippen LogP contribution >= 0.6 is 27.3 Å². The molecule has 2 rings (SSSR count). The zero-order chi connectivity index (χ0) is 13.7. The van der Waals surface area contributed by atoms with Gasteiger partial charge in [-0.15, -0.1) is 11.3 Å². The minimum atomic E-state index is 0.623. The van der Waals surface area contributed by atoms with Crippen molar-refractivity contribution in [3.8, 4) is 5.75 Å². The van der Waals surface area contributed by atoms with E-state index in [0.717, 1.165) is 23.3 Å². The molecule has 0 saturated carbocycles. The predicted octanol–water partition coefficient (Wildman–Crippen LogP) is 4.51. The van der Waals surface area contributed by atoms with Gasteiger partial charge in [-0.25, -0.2) is 0 Å². The van der Waals surface area contributed by atoms with Gasteiger partial charge >= 0.3 is 0 Å². The van der Waals surface area contributed by atoms with Gasteiger partial charge in [-0.2, -0.15) is 0 Å². The molecule has 0 aliphatic rings. The fourth-order valence-electron chi connectivity index (χ4n) is 1.83. The molecule has 0 aliphatic heterocycles. The van der Waals surface area contributed by atoms with E-state index in [-0.39, 0.29) is 0 Å². The Labute approximate surface area is 126 Å². The van der Waals surface area contributed by atoms with Crippen molar-refractivity contribution >= 4 is 27.3 Å². The van der Waals surface area contributed by atoms with E-state index in [0.29, 0.717) is 6.61 Å². The molecule has 0 atom stereocenters. The van der Waals surface area contributed by atoms with Gasteiger partial charge in [-0.05, 0) is 41.5 Å². The monoisotopic (exact) mass is 339 g/mol. The van der Waals surface area contributed by atoms with Gasteiger partial charge < -0.3 is 10.1 Å². The summed E-state index contributed by atoms with van der Waals surface area (Å²) < 4.78 is 7.06. The number of thiophene rings is 1. The zero-order valence-corrected chi connectivity index (χ0v) is 13.6. The predicted molar refractivity (Wildman–Crippen MR) is 84.9 cm³/mol. The topological polar surface area (TPSA) is 21.3 Å². The number of aryl methyl sites for hydroxylation is 1. The Morgan fingerprint density at radius 3 is 2.84 bits per heavy atom. The minimum absolute atomic E-state index is 0.623. The molecule has 19 heavy (non-hydrogen) atoms. The van der Waals surface area contributed by atoms with Gasteiger partial charge in [0, 0.05) is 26.8 Å². The summed E-state index contributed by atoms with van der Waals surface area (Å²) in [5, 5.41) is 5.43. The molecular weight excluding hydrogens is 322 g/mol. The third-order valence-electron chi connectivity index (χ3n) is 2.77. The maximum absolute atomic E-state index is 5.94. The summed E-state index contributed by atoms with van der Waals surface area (Å²) in [6, 6.07) is 8.44. The van der Waals surface area contributed by atoms with E-state index < -0.39 is 0 Å². The van der Waals surface area contributed by atoms with E-state index in [1.54, 1.807) is 11.3 Å². The van der Waals surface area contributed by atoms with Crippen LogP contribution in [0.5, 0.6) is 5.75 Å². The molecule has 1 aromatic heterocycles. The number of hydrogen-bond acceptors (Lipinski definition) is 3. The van der Waals surface area contributed by atoms with Crippen LogP contribution in [0.25, 0.3) is 0 Å². The van der Waals surface area contributed by atoms with Crippen molar-refractivity contribution in [2.75, 3.05) is 6.54 Å². The van der Waals surface area contributed by atoms with Gasteiger partial charge in [0.05, 0.1) is 0 Å². The Morgan fingerprint density at radius 1 is 1.32 bits per heavy atom. The van der Waals surface area contributed by atoms with Gasteiger partial charge in [-0.3, -0.25) is 0 Å². The number of hydrogen-bond donors (Lipinski definition) is 1. The van der Waals surface area contributed by atoms with E-state index in [1.165, 1.54) is 16.0 Å². The Morgan fingerprint density at radius 2 is 2.16 bits per heavy atom. The normalized spacial score (nSPS) is 10.7. The summed E-state index contributed by atoms with van der Waals surface area (Å²) in [5.41, 5.74) is 2.48. The Hall–Kier alpha value is -0.840. The molecule has 0 aliphatic carbocycles. The lowest BCUT2D eigenvalue weighted by Crippen LogP contribution is -2.13. The van der Waals surface area contributed by atoms with Crippen LogP contribution in [0.2, 0.25) is 0 Å². The van der Waals surface area contributed by atoms with Crippen LogP contribution in [-0.2, 0) is 13.2 Å². The first-order valence-electron chi connectivity index (χ1n) is 6.35. The third kappa shape index (κ3) is 4.34. The minimum Gasteiger partial charge on any atom is -0.488 e. The lowest BCUT2D eigenvalue weighted by atomic mass is 10.1. The summed E-state index contributed by atoms with van der Waals surface area (Å²) in [6.45, 7) is 6.65. The first-order valence-corrected chi connectivity index (χ1v) is 8.02. The summed E-state index contributed by atoms with van der Waals surface area (Å²) in [4.78, 5) is 1.22. The first kappa shape index (κ1) is 14.6. The van der Waals surface area contributed by atoms with Crippen molar-refractivity contribution in [3.05, 3.63) is 50.1 Å². The second-order valence-electron chi connectivity index (χ2n) is 4.41. The largest absolute Gasteiger partial charge is 0.488 e. The number of rotatable bonds is 6. The van der Waals surface area contributed by atoms with E-state index in [2.05, 4.69) is 64.7 Å². The van der Waals surface area contributed by atoms with Crippen LogP contribution in [0, 0.1) is 6.92 Å². The van der Waals surface area contributed by atoms with Crippen molar-refractivity contribution in [2.24, 2.45) is 0 Å². The highest BCUT2D eigenvalue weighted by Gasteiger charge is 2.05. The van der Waals surface area contributed by atoms with Gasteiger partial charge in [0.15, 0.2) is 0 Å². The van der Waals surface area contributed by atoms with E-state index in [9.17, 15) is 0 Å². The molecule has 0 fully saturated rings. The average molecular weight is 340 g/mol. The highest BCUT2D eigenvalue weighted by molar-refractivity contribution is 9.10. The molecule has 0 radical (unpaired) electrons. The Balaban J connectivity index is 2.05. The summed E-state index contributed by atoms with van der Waals surface area (Å²) in [7, 11) is 0. The summed E-state index contributed by atoms with van der Waals surface area (Å²) >= 11 is 5.17. The smallest absolute Gasteiger partial charge is 0.124 e. The molecule has 4 heteroatoms. The molecule has 102 valence electrons. The lowest BCUT2D eigenvalue weighted by Gasteiger charge is -2.12. The molecule has 0 spiro atoms. The Kier molecular flexibility index (Phi) is 5.43. The van der Waals surface area contributed by atoms with Crippen LogP contribution in [0.15, 0.2) is 34.1 Å². The molecule has 2 nitrogen and oxygen atoms in total. The number of nitrogens with one attached hydrogen (secondary N) is 1. The molecular formula is C15H18BrNOS. The molecule has 0 amide bonds. The van der Waals surface area contributed by atoms with Crippen molar-refractivity contribution in [3.63, 3.8) is 0 Å². The zero-order valence-electron chi connectivity index (χ0n) is 11.2. The molecule has 2 aromatic rings. The SMILES string of the molecule is CCNCc1cc(C)ccc1OCc1cc(Br)cs1. The van der Waals surface area contributed by atoms with E-state index >= 15 is 0 Å². The second-order valence-corrected chi connectivity index (χ2v) is 6.32. The van der Waals surface area contributed by atoms with Gasteiger partial charge in [0.2, 0.25) is 0 Å². The fourth-order valence-corrected chi connectivity index (χ4v) is 3.19. The molecule has 0 bridgehead atoms.